The lowest BCUT2D eigenvalue weighted by Gasteiger charge is -2.12. The highest BCUT2D eigenvalue weighted by Gasteiger charge is 2.35. The van der Waals surface area contributed by atoms with Gasteiger partial charge in [-0.2, -0.15) is 4.98 Å². The van der Waals surface area contributed by atoms with Crippen molar-refractivity contribution >= 4 is 40.7 Å². The zero-order valence-corrected chi connectivity index (χ0v) is 16.8. The third-order valence-corrected chi connectivity index (χ3v) is 4.87. The maximum absolute atomic E-state index is 12.6. The Morgan fingerprint density at radius 3 is 2.74 bits per heavy atom. The molecule has 2 N–H and O–H groups in total. The molecule has 12 heteroatoms. The molecule has 2 amide bonds. The van der Waals surface area contributed by atoms with E-state index < -0.39 is 22.8 Å². The van der Waals surface area contributed by atoms with Crippen molar-refractivity contribution in [3.05, 3.63) is 57.6 Å². The number of anilines is 2. The number of halogens is 1. The van der Waals surface area contributed by atoms with Gasteiger partial charge in [-0.15, -0.1) is 5.10 Å². The minimum atomic E-state index is -0.896. The predicted octanol–water partition coefficient (Wildman–Crippen LogP) is 3.04. The Hall–Kier alpha value is -3.99. The van der Waals surface area contributed by atoms with E-state index in [9.17, 15) is 19.7 Å². The minimum Gasteiger partial charge on any atom is -0.494 e. The van der Waals surface area contributed by atoms with Crippen LogP contribution in [-0.2, 0) is 9.59 Å². The first kappa shape index (κ1) is 20.3. The molecule has 1 aromatic heterocycles. The maximum Gasteiger partial charge on any atom is 0.273 e. The zero-order valence-electron chi connectivity index (χ0n) is 16.0. The fraction of sp³-hybridized carbons (Fsp3) is 0.158. The van der Waals surface area contributed by atoms with E-state index in [4.69, 9.17) is 16.3 Å². The number of non-ortho nitro benzene ring substituents is 1. The molecule has 0 bridgehead atoms. The second kappa shape index (κ2) is 8.03. The molecular formula is C19H15ClN6O5. The van der Waals surface area contributed by atoms with E-state index in [0.717, 1.165) is 0 Å². The van der Waals surface area contributed by atoms with Gasteiger partial charge in [0.05, 0.1) is 30.2 Å². The summed E-state index contributed by atoms with van der Waals surface area (Å²) in [7, 11) is 1.33. The number of methoxy groups -OCH3 is 1. The van der Waals surface area contributed by atoms with E-state index in [1.54, 1.807) is 24.3 Å². The number of ether oxygens (including phenoxy) is 1. The topological polar surface area (TPSA) is 141 Å². The van der Waals surface area contributed by atoms with E-state index >= 15 is 0 Å². The van der Waals surface area contributed by atoms with Crippen LogP contribution >= 0.6 is 11.6 Å². The average molecular weight is 443 g/mol. The molecule has 0 saturated heterocycles. The van der Waals surface area contributed by atoms with Crippen LogP contribution in [0.1, 0.15) is 12.5 Å². The minimum absolute atomic E-state index is 0.130. The van der Waals surface area contributed by atoms with Gasteiger partial charge in [0.15, 0.2) is 5.82 Å². The number of hydrogen-bond acceptors (Lipinski definition) is 7. The Bertz CT molecular complexity index is 1190. The lowest BCUT2D eigenvalue weighted by Crippen LogP contribution is -2.24. The molecule has 11 nitrogen and oxygen atoms in total. The third-order valence-electron chi connectivity index (χ3n) is 4.62. The molecule has 0 spiro atoms. The Morgan fingerprint density at radius 1 is 1.32 bits per heavy atom. The molecule has 2 aromatic carbocycles. The van der Waals surface area contributed by atoms with Crippen molar-refractivity contribution in [1.29, 1.82) is 0 Å². The molecule has 1 atom stereocenters. The summed E-state index contributed by atoms with van der Waals surface area (Å²) in [6.45, 7) is 0. The molecule has 31 heavy (non-hydrogen) atoms. The Labute approximate surface area is 180 Å². The molecule has 3 aromatic rings. The van der Waals surface area contributed by atoms with E-state index in [0.29, 0.717) is 16.4 Å². The zero-order chi connectivity index (χ0) is 22.1. The second-order valence-corrected chi connectivity index (χ2v) is 7.05. The molecule has 0 fully saturated rings. The highest BCUT2D eigenvalue weighted by molar-refractivity contribution is 6.30. The molecule has 0 aliphatic carbocycles. The number of rotatable bonds is 6. The molecule has 0 radical (unpaired) electrons. The van der Waals surface area contributed by atoms with Gasteiger partial charge in [-0.3, -0.25) is 25.0 Å². The third kappa shape index (κ3) is 4.03. The number of nitro groups is 1. The molecule has 0 unspecified atom stereocenters. The summed E-state index contributed by atoms with van der Waals surface area (Å²) < 4.78 is 6.47. The number of nitro benzene ring substituents is 1. The summed E-state index contributed by atoms with van der Waals surface area (Å²) >= 11 is 5.90. The lowest BCUT2D eigenvalue weighted by molar-refractivity contribution is -0.384. The summed E-state index contributed by atoms with van der Waals surface area (Å²) in [5.41, 5.74) is 0.781. The van der Waals surface area contributed by atoms with Crippen molar-refractivity contribution < 1.29 is 19.2 Å². The van der Waals surface area contributed by atoms with Gasteiger partial charge < -0.3 is 10.1 Å². The first-order chi connectivity index (χ1) is 14.9. The number of benzene rings is 2. The molecule has 0 saturated carbocycles. The largest absolute Gasteiger partial charge is 0.494 e. The van der Waals surface area contributed by atoms with Crippen molar-refractivity contribution in [2.45, 2.75) is 12.5 Å². The number of nitrogens with one attached hydrogen (secondary N) is 2. The highest BCUT2D eigenvalue weighted by Crippen LogP contribution is 2.31. The summed E-state index contributed by atoms with van der Waals surface area (Å²) in [5.74, 6) is -0.160. The average Bonchev–Trinajstić information content (AvgIpc) is 3.27. The van der Waals surface area contributed by atoms with E-state index in [2.05, 4.69) is 20.7 Å². The van der Waals surface area contributed by atoms with Crippen LogP contribution in [0.3, 0.4) is 0 Å². The maximum atomic E-state index is 12.6. The van der Waals surface area contributed by atoms with Crippen molar-refractivity contribution in [1.82, 2.24) is 14.8 Å². The van der Waals surface area contributed by atoms with Crippen LogP contribution < -0.4 is 15.4 Å². The van der Waals surface area contributed by atoms with Crippen molar-refractivity contribution in [3.8, 4) is 17.1 Å². The lowest BCUT2D eigenvalue weighted by atomic mass is 10.2. The molecule has 1 aliphatic heterocycles. The van der Waals surface area contributed by atoms with E-state index in [1.807, 2.05) is 0 Å². The number of fused-ring (bicyclic) bond motifs is 1. The van der Waals surface area contributed by atoms with E-state index in [1.165, 1.54) is 30.0 Å². The van der Waals surface area contributed by atoms with Gasteiger partial charge in [0.2, 0.25) is 11.9 Å². The van der Waals surface area contributed by atoms with Gasteiger partial charge in [0, 0.05) is 16.7 Å². The van der Waals surface area contributed by atoms with Crippen LogP contribution in [-0.4, -0.2) is 38.6 Å². The number of carbonyl (C=O) groups is 2. The van der Waals surface area contributed by atoms with Crippen LogP contribution in [0.5, 0.6) is 5.75 Å². The fourth-order valence-corrected chi connectivity index (χ4v) is 3.23. The second-order valence-electron chi connectivity index (χ2n) is 6.61. The van der Waals surface area contributed by atoms with Crippen molar-refractivity contribution in [2.24, 2.45) is 0 Å². The molecular weight excluding hydrogens is 428 g/mol. The molecule has 158 valence electrons. The van der Waals surface area contributed by atoms with Gasteiger partial charge in [-0.1, -0.05) is 11.6 Å². The molecule has 4 rings (SSSR count). The van der Waals surface area contributed by atoms with Crippen molar-refractivity contribution in [2.75, 3.05) is 17.7 Å². The number of amides is 2. The first-order valence-corrected chi connectivity index (χ1v) is 9.39. The van der Waals surface area contributed by atoms with Crippen LogP contribution in [0.2, 0.25) is 5.02 Å². The van der Waals surface area contributed by atoms with Crippen LogP contribution in [0, 0.1) is 10.1 Å². The predicted molar refractivity (Wildman–Crippen MR) is 111 cm³/mol. The monoisotopic (exact) mass is 442 g/mol. The molecule has 1 aliphatic rings. The first-order valence-electron chi connectivity index (χ1n) is 9.01. The van der Waals surface area contributed by atoms with Gasteiger partial charge >= 0.3 is 0 Å². The summed E-state index contributed by atoms with van der Waals surface area (Å²) in [6, 6.07) is 9.81. The Kier molecular flexibility index (Phi) is 5.26. The Balaban J connectivity index is 1.51. The standard InChI is InChI=1S/C19H15ClN6O5/c1-31-15-8-12(26(29)30)6-7-13(15)21-16(27)9-14-18(28)23-19-22-17(24-25(14)19)10-2-4-11(20)5-3-10/h2-8,14H,9H2,1H3,(H,21,27)(H,22,23,24,28)/t14-/m1/s1. The van der Waals surface area contributed by atoms with Gasteiger partial charge in [0.1, 0.15) is 11.8 Å². The normalized spacial score (nSPS) is 14.6. The van der Waals surface area contributed by atoms with Gasteiger partial charge in [-0.25, -0.2) is 4.68 Å². The smallest absolute Gasteiger partial charge is 0.273 e. The van der Waals surface area contributed by atoms with Crippen molar-refractivity contribution in [3.63, 3.8) is 0 Å². The summed E-state index contributed by atoms with van der Waals surface area (Å²) in [6.07, 6.45) is -0.220. The van der Waals surface area contributed by atoms with Crippen LogP contribution in [0.15, 0.2) is 42.5 Å². The number of aromatic nitrogens is 3. The quantitative estimate of drug-likeness (QED) is 0.441. The highest BCUT2D eigenvalue weighted by atomic mass is 35.5. The molecule has 2 heterocycles. The number of hydrogen-bond donors (Lipinski definition) is 2. The summed E-state index contributed by atoms with van der Waals surface area (Å²) in [4.78, 5) is 39.5. The van der Waals surface area contributed by atoms with Crippen LogP contribution in [0.25, 0.3) is 11.4 Å². The van der Waals surface area contributed by atoms with Gasteiger partial charge in [-0.05, 0) is 30.3 Å². The number of carbonyl (C=O) groups excluding carboxylic acids is 2. The SMILES string of the molecule is COc1cc([N+](=O)[O-])ccc1NC(=O)C[C@@H]1C(=O)Nc2nc(-c3ccc(Cl)cc3)nn21. The fourth-order valence-electron chi connectivity index (χ4n) is 3.10. The Morgan fingerprint density at radius 2 is 2.06 bits per heavy atom. The van der Waals surface area contributed by atoms with Crippen LogP contribution in [0.4, 0.5) is 17.3 Å². The number of nitrogens with zero attached hydrogens (tertiary/aromatic N) is 4. The van der Waals surface area contributed by atoms with E-state index in [-0.39, 0.29) is 29.5 Å². The summed E-state index contributed by atoms with van der Waals surface area (Å²) in [5, 5.41) is 21.0. The van der Waals surface area contributed by atoms with Gasteiger partial charge in [0.25, 0.3) is 11.6 Å².